The van der Waals surface area contributed by atoms with E-state index in [1.165, 1.54) is 51.4 Å². The predicted molar refractivity (Wildman–Crippen MR) is 144 cm³/mol. The third-order valence-corrected chi connectivity index (χ3v) is 8.33. The Morgan fingerprint density at radius 1 is 0.730 bits per heavy atom. The van der Waals surface area contributed by atoms with E-state index in [2.05, 4.69) is 13.0 Å². The van der Waals surface area contributed by atoms with E-state index in [-0.39, 0.29) is 23.0 Å². The summed E-state index contributed by atoms with van der Waals surface area (Å²) in [7, 11) is 0. The van der Waals surface area contributed by atoms with Crippen LogP contribution in [0, 0.1) is 23.4 Å². The summed E-state index contributed by atoms with van der Waals surface area (Å²) in [4.78, 5) is 0. The van der Waals surface area contributed by atoms with Crippen molar-refractivity contribution in [2.24, 2.45) is 5.92 Å². The van der Waals surface area contributed by atoms with Crippen LogP contribution < -0.4 is 0 Å². The maximum atomic E-state index is 15.2. The summed E-state index contributed by atoms with van der Waals surface area (Å²) in [6.45, 7) is 2.68. The molecule has 0 N–H and O–H groups in total. The van der Waals surface area contributed by atoms with Crippen LogP contribution in [0.3, 0.4) is 0 Å². The van der Waals surface area contributed by atoms with Crippen molar-refractivity contribution in [3.63, 3.8) is 0 Å². The molecule has 1 heterocycles. The largest absolute Gasteiger partial charge is 0.368 e. The van der Waals surface area contributed by atoms with Crippen LogP contribution in [0.5, 0.6) is 0 Å². The third-order valence-electron chi connectivity index (χ3n) is 8.33. The zero-order chi connectivity index (χ0) is 25.8. The summed E-state index contributed by atoms with van der Waals surface area (Å²) in [5.74, 6) is -0.690. The van der Waals surface area contributed by atoms with E-state index >= 15 is 4.39 Å². The van der Waals surface area contributed by atoms with E-state index < -0.39 is 11.6 Å². The molecule has 1 saturated carbocycles. The van der Waals surface area contributed by atoms with Gasteiger partial charge in [-0.25, -0.2) is 13.2 Å². The lowest BCUT2D eigenvalue weighted by atomic mass is 9.77. The van der Waals surface area contributed by atoms with Gasteiger partial charge in [0.1, 0.15) is 11.9 Å². The van der Waals surface area contributed by atoms with E-state index in [0.29, 0.717) is 23.7 Å². The molecule has 2 aliphatic rings. The fraction of sp³-hybridized carbons (Fsp3) is 0.455. The van der Waals surface area contributed by atoms with Crippen LogP contribution in [0.4, 0.5) is 13.2 Å². The topological polar surface area (TPSA) is 12.5 Å². The zero-order valence-corrected chi connectivity index (χ0v) is 21.7. The molecule has 1 saturated heterocycles. The van der Waals surface area contributed by atoms with Gasteiger partial charge in [0.15, 0.2) is 11.6 Å². The smallest absolute Gasteiger partial charge is 0.167 e. The first-order chi connectivity index (χ1) is 18.0. The summed E-state index contributed by atoms with van der Waals surface area (Å²) in [6.07, 6.45) is 12.5. The van der Waals surface area contributed by atoms with Crippen LogP contribution in [0.25, 0.3) is 22.3 Å². The van der Waals surface area contributed by atoms with E-state index in [1.54, 1.807) is 42.5 Å². The normalized spacial score (nSPS) is 21.2. The summed E-state index contributed by atoms with van der Waals surface area (Å²) in [6, 6.07) is 15.8. The van der Waals surface area contributed by atoms with Gasteiger partial charge in [-0.05, 0) is 60.3 Å². The standard InChI is InChI=1S/C33H37F3O/c1-2-3-4-5-6-7-22-8-10-23(11-9-22)26-16-17-27(30(34)20-26)24-12-14-25(15-13-24)28-18-19-29(31-21-37-31)33(36)32(28)35/h12-20,22-23,31H,2-11,21H2,1H3. The van der Waals surface area contributed by atoms with Gasteiger partial charge in [-0.2, -0.15) is 0 Å². The average molecular weight is 507 g/mol. The van der Waals surface area contributed by atoms with Gasteiger partial charge in [-0.15, -0.1) is 0 Å². The molecule has 1 aliphatic carbocycles. The zero-order valence-electron chi connectivity index (χ0n) is 21.7. The van der Waals surface area contributed by atoms with E-state index in [0.717, 1.165) is 29.9 Å². The highest BCUT2D eigenvalue weighted by Gasteiger charge is 2.30. The van der Waals surface area contributed by atoms with Crippen molar-refractivity contribution in [3.05, 3.63) is 83.2 Å². The average Bonchev–Trinajstić information content (AvgIpc) is 3.76. The minimum atomic E-state index is -0.873. The van der Waals surface area contributed by atoms with Gasteiger partial charge in [-0.3, -0.25) is 0 Å². The highest BCUT2D eigenvalue weighted by molar-refractivity contribution is 5.71. The molecule has 0 spiro atoms. The first-order valence-electron chi connectivity index (χ1n) is 14.0. The lowest BCUT2D eigenvalue weighted by Crippen LogP contribution is -2.13. The van der Waals surface area contributed by atoms with Crippen LogP contribution in [-0.2, 0) is 4.74 Å². The highest BCUT2D eigenvalue weighted by atomic mass is 19.2. The van der Waals surface area contributed by atoms with Gasteiger partial charge in [0, 0.05) is 16.7 Å². The number of ether oxygens (including phenoxy) is 1. The van der Waals surface area contributed by atoms with Gasteiger partial charge >= 0.3 is 0 Å². The van der Waals surface area contributed by atoms with Gasteiger partial charge in [0.2, 0.25) is 0 Å². The van der Waals surface area contributed by atoms with Crippen molar-refractivity contribution >= 4 is 0 Å². The number of hydrogen-bond acceptors (Lipinski definition) is 1. The Morgan fingerprint density at radius 2 is 1.38 bits per heavy atom. The van der Waals surface area contributed by atoms with Crippen molar-refractivity contribution in [1.29, 1.82) is 0 Å². The van der Waals surface area contributed by atoms with Crippen molar-refractivity contribution in [3.8, 4) is 22.3 Å². The minimum Gasteiger partial charge on any atom is -0.368 e. The molecule has 196 valence electrons. The lowest BCUT2D eigenvalue weighted by Gasteiger charge is -2.29. The number of hydrogen-bond donors (Lipinski definition) is 0. The Morgan fingerprint density at radius 3 is 2.03 bits per heavy atom. The van der Waals surface area contributed by atoms with E-state index in [4.69, 9.17) is 4.74 Å². The van der Waals surface area contributed by atoms with E-state index in [1.807, 2.05) is 6.07 Å². The summed E-state index contributed by atoms with van der Waals surface area (Å²) < 4.78 is 49.4. The SMILES string of the molecule is CCCCCCCC1CCC(c2ccc(-c3ccc(-c4ccc(C5CO5)c(F)c4F)cc3)c(F)c2)CC1. The summed E-state index contributed by atoms with van der Waals surface area (Å²) in [5.41, 5.74) is 3.36. The maximum Gasteiger partial charge on any atom is 0.167 e. The molecule has 0 bridgehead atoms. The number of benzene rings is 3. The Labute approximate surface area is 219 Å². The van der Waals surface area contributed by atoms with Crippen molar-refractivity contribution in [1.82, 2.24) is 0 Å². The first kappa shape index (κ1) is 26.0. The van der Waals surface area contributed by atoms with Gasteiger partial charge in [-0.1, -0.05) is 94.0 Å². The molecule has 1 atom stereocenters. The molecule has 0 amide bonds. The fourth-order valence-corrected chi connectivity index (χ4v) is 5.93. The molecule has 4 heteroatoms. The van der Waals surface area contributed by atoms with E-state index in [9.17, 15) is 8.78 Å². The molecule has 1 nitrogen and oxygen atoms in total. The minimum absolute atomic E-state index is 0.195. The number of rotatable bonds is 10. The number of epoxide rings is 1. The van der Waals surface area contributed by atoms with Gasteiger partial charge in [0.25, 0.3) is 0 Å². The Bertz CT molecular complexity index is 1190. The molecule has 0 aromatic heterocycles. The van der Waals surface area contributed by atoms with Crippen LogP contribution in [-0.4, -0.2) is 6.61 Å². The molecule has 2 fully saturated rings. The molecule has 37 heavy (non-hydrogen) atoms. The number of unbranched alkanes of at least 4 members (excludes halogenated alkanes) is 4. The molecule has 1 unspecified atom stereocenters. The quantitative estimate of drug-likeness (QED) is 0.197. The maximum absolute atomic E-state index is 15.2. The van der Waals surface area contributed by atoms with Gasteiger partial charge in [0.05, 0.1) is 6.61 Å². The lowest BCUT2D eigenvalue weighted by molar-refractivity contribution is 0.301. The molecular formula is C33H37F3O. The van der Waals surface area contributed by atoms with Crippen molar-refractivity contribution in [2.75, 3.05) is 6.61 Å². The van der Waals surface area contributed by atoms with Crippen molar-refractivity contribution in [2.45, 2.75) is 83.2 Å². The second kappa shape index (κ2) is 11.9. The summed E-state index contributed by atoms with van der Waals surface area (Å²) >= 11 is 0. The van der Waals surface area contributed by atoms with Crippen LogP contribution in [0.2, 0.25) is 0 Å². The van der Waals surface area contributed by atoms with Crippen LogP contribution >= 0.6 is 0 Å². The van der Waals surface area contributed by atoms with Crippen LogP contribution in [0.15, 0.2) is 54.6 Å². The highest BCUT2D eigenvalue weighted by Crippen LogP contribution is 2.40. The molecule has 3 aromatic rings. The van der Waals surface area contributed by atoms with Crippen LogP contribution in [0.1, 0.15) is 94.3 Å². The predicted octanol–water partition coefficient (Wildman–Crippen LogP) is 10.1. The first-order valence-corrected chi connectivity index (χ1v) is 14.0. The molecule has 3 aromatic carbocycles. The second-order valence-electron chi connectivity index (χ2n) is 10.9. The monoisotopic (exact) mass is 506 g/mol. The second-order valence-corrected chi connectivity index (χ2v) is 10.9. The Balaban J connectivity index is 1.21. The fourth-order valence-electron chi connectivity index (χ4n) is 5.93. The number of halogens is 3. The van der Waals surface area contributed by atoms with Crippen molar-refractivity contribution < 1.29 is 17.9 Å². The summed E-state index contributed by atoms with van der Waals surface area (Å²) in [5, 5.41) is 0. The van der Waals surface area contributed by atoms with Gasteiger partial charge < -0.3 is 4.74 Å². The molecule has 1 aliphatic heterocycles. The third kappa shape index (κ3) is 6.12. The Hall–Kier alpha value is -2.59. The molecular weight excluding hydrogens is 469 g/mol. The Kier molecular flexibility index (Phi) is 8.34. The molecule has 0 radical (unpaired) electrons. The molecule has 5 rings (SSSR count).